The highest BCUT2D eigenvalue weighted by atomic mass is 19.3. The minimum Gasteiger partial charge on any atom is -0.487 e. The van der Waals surface area contributed by atoms with Crippen LogP contribution in [0.15, 0.2) is 36.7 Å². The van der Waals surface area contributed by atoms with Crippen molar-refractivity contribution >= 4 is 16.8 Å². The van der Waals surface area contributed by atoms with Gasteiger partial charge in [0.25, 0.3) is 12.3 Å². The average molecular weight is 404 g/mol. The van der Waals surface area contributed by atoms with Crippen molar-refractivity contribution in [2.24, 2.45) is 0 Å². The van der Waals surface area contributed by atoms with E-state index in [0.717, 1.165) is 11.1 Å². The van der Waals surface area contributed by atoms with E-state index in [0.29, 0.717) is 16.7 Å². The molecule has 0 saturated carbocycles. The average Bonchev–Trinajstić information content (AvgIpc) is 3.14. The highest BCUT2D eigenvalue weighted by Gasteiger charge is 2.17. The van der Waals surface area contributed by atoms with Crippen LogP contribution in [-0.4, -0.2) is 52.0 Å². The smallest absolute Gasteiger partial charge is 0.272 e. The monoisotopic (exact) mass is 404 g/mol. The second-order valence-electron chi connectivity index (χ2n) is 6.58. The van der Waals surface area contributed by atoms with Crippen molar-refractivity contribution in [2.75, 3.05) is 19.8 Å². The van der Waals surface area contributed by atoms with Gasteiger partial charge in [-0.2, -0.15) is 5.10 Å². The quantitative estimate of drug-likeness (QED) is 0.603. The van der Waals surface area contributed by atoms with Gasteiger partial charge in [0.05, 0.1) is 23.6 Å². The zero-order chi connectivity index (χ0) is 21.0. The zero-order valence-corrected chi connectivity index (χ0v) is 16.1. The van der Waals surface area contributed by atoms with Gasteiger partial charge in [0.1, 0.15) is 18.1 Å². The van der Waals surface area contributed by atoms with Crippen molar-refractivity contribution in [3.63, 3.8) is 0 Å². The van der Waals surface area contributed by atoms with Gasteiger partial charge in [0.15, 0.2) is 0 Å². The molecule has 2 heterocycles. The molecule has 2 N–H and O–H groups in total. The molecule has 0 fully saturated rings. The van der Waals surface area contributed by atoms with E-state index in [1.165, 1.54) is 6.20 Å². The summed E-state index contributed by atoms with van der Waals surface area (Å²) >= 11 is 0. The number of nitrogens with one attached hydrogen (secondary N) is 1. The molecule has 0 saturated heterocycles. The molecule has 2 aromatic heterocycles. The number of aryl methyl sites for hydroxylation is 1. The molecule has 1 atom stereocenters. The lowest BCUT2D eigenvalue weighted by molar-refractivity contribution is 0.0815. The molecule has 3 aromatic rings. The molecular formula is C20H22F2N4O3. The molecule has 3 rings (SSSR count). The summed E-state index contributed by atoms with van der Waals surface area (Å²) in [5, 5.41) is 16.6. The third-order valence-corrected chi connectivity index (χ3v) is 4.51. The number of aliphatic hydroxyl groups is 1. The van der Waals surface area contributed by atoms with Gasteiger partial charge in [0, 0.05) is 18.9 Å². The standard InChI is InChI=1S/C20H22F2N4O3/c1-12-9-14(3-4-17(12)29-11-18(21)22)13(2)26-10-15-16(25-26)5-6-23-19(15)20(28)24-7-8-27/h3-6,9-10,13,18,27H,7-8,11H2,1-2H3,(H,24,28)/t13-/m1/s1. The van der Waals surface area contributed by atoms with Crippen molar-refractivity contribution in [1.29, 1.82) is 0 Å². The number of halogens is 2. The van der Waals surface area contributed by atoms with Crippen LogP contribution >= 0.6 is 0 Å². The van der Waals surface area contributed by atoms with Crippen LogP contribution in [0, 0.1) is 6.92 Å². The Labute approximate surface area is 166 Å². The maximum atomic E-state index is 12.4. The zero-order valence-electron chi connectivity index (χ0n) is 16.1. The summed E-state index contributed by atoms with van der Waals surface area (Å²) in [6.45, 7) is 3.08. The molecule has 0 bridgehead atoms. The Bertz CT molecular complexity index is 1010. The Hall–Kier alpha value is -3.07. The lowest BCUT2D eigenvalue weighted by Gasteiger charge is -2.15. The Morgan fingerprint density at radius 3 is 2.83 bits per heavy atom. The molecule has 0 spiro atoms. The maximum Gasteiger partial charge on any atom is 0.272 e. The Morgan fingerprint density at radius 2 is 2.14 bits per heavy atom. The molecule has 154 valence electrons. The number of hydrogen-bond acceptors (Lipinski definition) is 5. The molecule has 0 aliphatic carbocycles. The van der Waals surface area contributed by atoms with Crippen LogP contribution in [0.25, 0.3) is 10.9 Å². The van der Waals surface area contributed by atoms with Crippen molar-refractivity contribution in [1.82, 2.24) is 20.1 Å². The van der Waals surface area contributed by atoms with Gasteiger partial charge in [-0.25, -0.2) is 8.78 Å². The van der Waals surface area contributed by atoms with E-state index in [-0.39, 0.29) is 30.8 Å². The van der Waals surface area contributed by atoms with E-state index in [2.05, 4.69) is 15.4 Å². The number of aromatic nitrogens is 3. The predicted octanol–water partition coefficient (Wildman–Crippen LogP) is 2.72. The predicted molar refractivity (Wildman–Crippen MR) is 103 cm³/mol. The van der Waals surface area contributed by atoms with E-state index in [9.17, 15) is 13.6 Å². The second kappa shape index (κ2) is 8.95. The Kier molecular flexibility index (Phi) is 6.38. The van der Waals surface area contributed by atoms with E-state index in [4.69, 9.17) is 9.84 Å². The summed E-state index contributed by atoms with van der Waals surface area (Å²) in [6, 6.07) is 6.89. The fourth-order valence-electron chi connectivity index (χ4n) is 3.00. The first-order chi connectivity index (χ1) is 13.9. The lowest BCUT2D eigenvalue weighted by Crippen LogP contribution is -2.27. The summed E-state index contributed by atoms with van der Waals surface area (Å²) in [5.74, 6) is 0.0344. The maximum absolute atomic E-state index is 12.4. The normalized spacial score (nSPS) is 12.3. The highest BCUT2D eigenvalue weighted by molar-refractivity contribution is 6.04. The van der Waals surface area contributed by atoms with Gasteiger partial charge in [-0.1, -0.05) is 12.1 Å². The SMILES string of the molecule is Cc1cc([C@@H](C)n2cc3c(C(=O)NCCO)nccc3n2)ccc1OCC(F)F. The fourth-order valence-corrected chi connectivity index (χ4v) is 3.00. The number of pyridine rings is 1. The minimum absolute atomic E-state index is 0.140. The first-order valence-corrected chi connectivity index (χ1v) is 9.15. The van der Waals surface area contributed by atoms with E-state index >= 15 is 0 Å². The Morgan fingerprint density at radius 1 is 1.34 bits per heavy atom. The number of amides is 1. The van der Waals surface area contributed by atoms with Gasteiger partial charge in [-0.05, 0) is 37.1 Å². The largest absolute Gasteiger partial charge is 0.487 e. The lowest BCUT2D eigenvalue weighted by atomic mass is 10.1. The van der Waals surface area contributed by atoms with Gasteiger partial charge >= 0.3 is 0 Å². The number of nitrogens with zero attached hydrogens (tertiary/aromatic N) is 3. The van der Waals surface area contributed by atoms with Crippen LogP contribution in [-0.2, 0) is 0 Å². The molecule has 0 aliphatic rings. The molecule has 0 radical (unpaired) electrons. The topological polar surface area (TPSA) is 89.3 Å². The first kappa shape index (κ1) is 20.7. The Balaban J connectivity index is 1.87. The molecule has 0 aliphatic heterocycles. The second-order valence-corrected chi connectivity index (χ2v) is 6.58. The van der Waals surface area contributed by atoms with Crippen molar-refractivity contribution in [3.05, 3.63) is 53.5 Å². The van der Waals surface area contributed by atoms with E-state index < -0.39 is 13.0 Å². The molecule has 7 nitrogen and oxygen atoms in total. The molecular weight excluding hydrogens is 382 g/mol. The molecule has 1 aromatic carbocycles. The number of carbonyl (C=O) groups excluding carboxylic acids is 1. The number of rotatable bonds is 8. The van der Waals surface area contributed by atoms with Crippen LogP contribution in [0.2, 0.25) is 0 Å². The van der Waals surface area contributed by atoms with Crippen molar-refractivity contribution in [3.8, 4) is 5.75 Å². The van der Waals surface area contributed by atoms with E-state index in [1.807, 2.05) is 13.0 Å². The number of aliphatic hydroxyl groups excluding tert-OH is 1. The summed E-state index contributed by atoms with van der Waals surface area (Å²) < 4.78 is 31.6. The molecule has 1 amide bonds. The van der Waals surface area contributed by atoms with Crippen LogP contribution in [0.1, 0.15) is 34.6 Å². The van der Waals surface area contributed by atoms with Crippen LogP contribution < -0.4 is 10.1 Å². The molecule has 29 heavy (non-hydrogen) atoms. The first-order valence-electron chi connectivity index (χ1n) is 9.15. The minimum atomic E-state index is -2.53. The van der Waals surface area contributed by atoms with Gasteiger partial charge in [-0.3, -0.25) is 14.5 Å². The number of alkyl halides is 2. The van der Waals surface area contributed by atoms with Crippen LogP contribution in [0.3, 0.4) is 0 Å². The summed E-state index contributed by atoms with van der Waals surface area (Å²) in [5.41, 5.74) is 2.52. The van der Waals surface area contributed by atoms with Crippen molar-refractivity contribution < 1.29 is 23.4 Å². The number of carbonyl (C=O) groups is 1. The van der Waals surface area contributed by atoms with Crippen LogP contribution in [0.4, 0.5) is 8.78 Å². The molecule has 9 heteroatoms. The van der Waals surface area contributed by atoms with Gasteiger partial charge < -0.3 is 15.2 Å². The summed E-state index contributed by atoms with van der Waals surface area (Å²) in [7, 11) is 0. The summed E-state index contributed by atoms with van der Waals surface area (Å²) in [6.07, 6.45) is 0.733. The van der Waals surface area contributed by atoms with Crippen LogP contribution in [0.5, 0.6) is 5.75 Å². The number of hydrogen-bond donors (Lipinski definition) is 2. The highest BCUT2D eigenvalue weighted by Crippen LogP contribution is 2.26. The van der Waals surface area contributed by atoms with Gasteiger partial charge in [-0.15, -0.1) is 0 Å². The van der Waals surface area contributed by atoms with Gasteiger partial charge in [0.2, 0.25) is 0 Å². The third kappa shape index (κ3) is 4.68. The number of fused-ring (bicyclic) bond motifs is 1. The summed E-state index contributed by atoms with van der Waals surface area (Å²) in [4.78, 5) is 16.4. The number of ether oxygens (including phenoxy) is 1. The fraction of sp³-hybridized carbons (Fsp3) is 0.350. The molecule has 0 unspecified atom stereocenters. The third-order valence-electron chi connectivity index (χ3n) is 4.51. The van der Waals surface area contributed by atoms with E-state index in [1.54, 1.807) is 36.0 Å². The van der Waals surface area contributed by atoms with Crippen molar-refractivity contribution in [2.45, 2.75) is 26.3 Å². The number of benzene rings is 1.